The maximum absolute atomic E-state index is 11.9. The number of nitrogens with two attached hydrogens (primary N) is 1. The third-order valence-electron chi connectivity index (χ3n) is 3.33. The molecule has 0 atom stereocenters. The van der Waals surface area contributed by atoms with Crippen LogP contribution >= 0.6 is 0 Å². The highest BCUT2D eigenvalue weighted by Crippen LogP contribution is 2.27. The molecule has 26 heavy (non-hydrogen) atoms. The van der Waals surface area contributed by atoms with E-state index in [9.17, 15) is 9.59 Å². The van der Waals surface area contributed by atoms with Crippen molar-refractivity contribution in [3.8, 4) is 11.5 Å². The van der Waals surface area contributed by atoms with Crippen LogP contribution in [-0.2, 0) is 4.79 Å². The van der Waals surface area contributed by atoms with E-state index in [-0.39, 0.29) is 6.61 Å². The normalized spacial score (nSPS) is 10.4. The Kier molecular flexibility index (Phi) is 6.55. The lowest BCUT2D eigenvalue weighted by Gasteiger charge is -2.10. The topological polar surface area (TPSA) is 115 Å². The third kappa shape index (κ3) is 5.52. The lowest BCUT2D eigenvalue weighted by Crippen LogP contribution is -2.24. The number of nitrogens with zero attached hydrogens (tertiary/aromatic N) is 1. The van der Waals surface area contributed by atoms with Gasteiger partial charge in [0.2, 0.25) is 0 Å². The number of hydrogen-bond acceptors (Lipinski definition) is 5. The number of hydrazone groups is 1. The molecule has 0 aliphatic rings. The number of hydrogen-bond donors (Lipinski definition) is 3. The van der Waals surface area contributed by atoms with Crippen molar-refractivity contribution in [2.45, 2.75) is 6.92 Å². The standard InChI is InChI=1S/C18H20N4O4/c1-12-5-3-4-6-14(12)21-18(24)22-20-10-13-7-8-15(16(9-13)25-2)26-11-17(19)23/h3-10H,11H2,1-2H3,(H2,19,23)(H2,21,22,24). The number of nitrogens with one attached hydrogen (secondary N) is 2. The lowest BCUT2D eigenvalue weighted by molar-refractivity contribution is -0.119. The minimum atomic E-state index is -0.582. The van der Waals surface area contributed by atoms with Crippen molar-refractivity contribution in [1.29, 1.82) is 0 Å². The van der Waals surface area contributed by atoms with Crippen molar-refractivity contribution in [1.82, 2.24) is 5.43 Å². The first-order chi connectivity index (χ1) is 12.5. The molecule has 136 valence electrons. The van der Waals surface area contributed by atoms with Crippen molar-refractivity contribution in [3.63, 3.8) is 0 Å². The van der Waals surface area contributed by atoms with E-state index in [1.165, 1.54) is 13.3 Å². The molecule has 0 saturated heterocycles. The van der Waals surface area contributed by atoms with Gasteiger partial charge in [0.25, 0.3) is 5.91 Å². The average molecular weight is 356 g/mol. The van der Waals surface area contributed by atoms with Crippen molar-refractivity contribution in [2.75, 3.05) is 19.0 Å². The molecule has 0 fully saturated rings. The van der Waals surface area contributed by atoms with Gasteiger partial charge in [-0.25, -0.2) is 10.2 Å². The van der Waals surface area contributed by atoms with Gasteiger partial charge in [0.1, 0.15) is 0 Å². The Balaban J connectivity index is 1.96. The van der Waals surface area contributed by atoms with Crippen molar-refractivity contribution in [2.24, 2.45) is 10.8 Å². The average Bonchev–Trinajstić information content (AvgIpc) is 2.62. The summed E-state index contributed by atoms with van der Waals surface area (Å²) in [5, 5.41) is 6.59. The van der Waals surface area contributed by atoms with Crippen molar-refractivity contribution in [3.05, 3.63) is 53.6 Å². The number of aryl methyl sites for hydroxylation is 1. The van der Waals surface area contributed by atoms with Gasteiger partial charge in [0.15, 0.2) is 18.1 Å². The second-order valence-electron chi connectivity index (χ2n) is 5.30. The number of benzene rings is 2. The minimum Gasteiger partial charge on any atom is -0.493 e. The highest BCUT2D eigenvalue weighted by Gasteiger charge is 2.07. The first-order valence-corrected chi connectivity index (χ1v) is 7.74. The van der Waals surface area contributed by atoms with Gasteiger partial charge in [-0.15, -0.1) is 0 Å². The fourth-order valence-electron chi connectivity index (χ4n) is 2.06. The van der Waals surface area contributed by atoms with Gasteiger partial charge >= 0.3 is 6.03 Å². The maximum atomic E-state index is 11.9. The molecule has 0 saturated carbocycles. The summed E-state index contributed by atoms with van der Waals surface area (Å²) in [6, 6.07) is 11.9. The van der Waals surface area contributed by atoms with Crippen molar-refractivity contribution >= 4 is 23.8 Å². The molecule has 0 aromatic heterocycles. The molecule has 8 heteroatoms. The van der Waals surface area contributed by atoms with Crippen molar-refractivity contribution < 1.29 is 19.1 Å². The molecule has 0 radical (unpaired) electrons. The van der Waals surface area contributed by atoms with E-state index in [0.29, 0.717) is 22.7 Å². The highest BCUT2D eigenvalue weighted by atomic mass is 16.5. The predicted molar refractivity (Wildman–Crippen MR) is 98.6 cm³/mol. The van der Waals surface area contributed by atoms with Crippen LogP contribution in [0, 0.1) is 6.92 Å². The van der Waals surface area contributed by atoms with Gasteiger partial charge in [-0.05, 0) is 42.3 Å². The summed E-state index contributed by atoms with van der Waals surface area (Å²) >= 11 is 0. The Hall–Kier alpha value is -3.55. The van der Waals surface area contributed by atoms with Gasteiger partial charge in [0.05, 0.1) is 13.3 Å². The second kappa shape index (κ2) is 9.07. The van der Waals surface area contributed by atoms with E-state index < -0.39 is 11.9 Å². The van der Waals surface area contributed by atoms with E-state index in [1.807, 2.05) is 25.1 Å². The second-order valence-corrected chi connectivity index (χ2v) is 5.30. The maximum Gasteiger partial charge on any atom is 0.339 e. The minimum absolute atomic E-state index is 0.246. The number of ether oxygens (including phenoxy) is 2. The Morgan fingerprint density at radius 1 is 1.19 bits per heavy atom. The highest BCUT2D eigenvalue weighted by molar-refractivity contribution is 5.91. The molecule has 0 aliphatic carbocycles. The molecular weight excluding hydrogens is 336 g/mol. The number of para-hydroxylation sites is 1. The van der Waals surface area contributed by atoms with Crippen LogP contribution in [-0.4, -0.2) is 31.9 Å². The molecule has 8 nitrogen and oxygen atoms in total. The number of anilines is 1. The summed E-state index contributed by atoms with van der Waals surface area (Å²) in [5.74, 6) is 0.217. The largest absolute Gasteiger partial charge is 0.493 e. The van der Waals surface area contributed by atoms with Crippen LogP contribution in [0.4, 0.5) is 10.5 Å². The van der Waals surface area contributed by atoms with Crippen LogP contribution in [0.25, 0.3) is 0 Å². The summed E-state index contributed by atoms with van der Waals surface area (Å²) < 4.78 is 10.4. The van der Waals surface area contributed by atoms with Gasteiger partial charge in [-0.2, -0.15) is 5.10 Å². The molecule has 2 aromatic rings. The summed E-state index contributed by atoms with van der Waals surface area (Å²) in [7, 11) is 1.47. The number of rotatable bonds is 7. The Morgan fingerprint density at radius 2 is 1.96 bits per heavy atom. The Labute approximate surface area is 151 Å². The van der Waals surface area contributed by atoms with Crippen LogP contribution in [0.3, 0.4) is 0 Å². The van der Waals surface area contributed by atoms with Crippen LogP contribution < -0.4 is 25.9 Å². The molecule has 2 aromatic carbocycles. The number of carbonyl (C=O) groups excluding carboxylic acids is 2. The van der Waals surface area contributed by atoms with Crippen LogP contribution in [0.2, 0.25) is 0 Å². The zero-order chi connectivity index (χ0) is 18.9. The van der Waals surface area contributed by atoms with E-state index in [2.05, 4.69) is 15.8 Å². The molecule has 0 spiro atoms. The fraction of sp³-hybridized carbons (Fsp3) is 0.167. The van der Waals surface area contributed by atoms with Crippen LogP contribution in [0.5, 0.6) is 11.5 Å². The molecule has 0 bridgehead atoms. The Morgan fingerprint density at radius 3 is 2.65 bits per heavy atom. The molecule has 2 rings (SSSR count). The summed E-state index contributed by atoms with van der Waals surface area (Å²) in [4.78, 5) is 22.6. The molecule has 4 N–H and O–H groups in total. The molecule has 0 heterocycles. The zero-order valence-electron chi connectivity index (χ0n) is 14.5. The molecule has 3 amide bonds. The van der Waals surface area contributed by atoms with Gasteiger partial charge in [-0.3, -0.25) is 4.79 Å². The quantitative estimate of drug-likeness (QED) is 0.520. The van der Waals surface area contributed by atoms with Crippen LogP contribution in [0.15, 0.2) is 47.6 Å². The number of carbonyl (C=O) groups is 2. The Bertz CT molecular complexity index is 821. The first-order valence-electron chi connectivity index (χ1n) is 7.74. The SMILES string of the molecule is COc1cc(C=NNC(=O)Nc2ccccc2C)ccc1OCC(N)=O. The number of urea groups is 1. The van der Waals surface area contributed by atoms with E-state index in [0.717, 1.165) is 5.56 Å². The number of methoxy groups -OCH3 is 1. The summed E-state index contributed by atoms with van der Waals surface area (Å²) in [6.45, 7) is 1.65. The van der Waals surface area contributed by atoms with E-state index >= 15 is 0 Å². The third-order valence-corrected chi connectivity index (χ3v) is 3.33. The van der Waals surface area contributed by atoms with E-state index in [4.69, 9.17) is 15.2 Å². The fourth-order valence-corrected chi connectivity index (χ4v) is 2.06. The first kappa shape index (κ1) is 18.8. The molecule has 0 aliphatic heterocycles. The van der Waals surface area contributed by atoms with Crippen LogP contribution in [0.1, 0.15) is 11.1 Å². The monoisotopic (exact) mass is 356 g/mol. The van der Waals surface area contributed by atoms with Gasteiger partial charge in [-0.1, -0.05) is 18.2 Å². The zero-order valence-corrected chi connectivity index (χ0v) is 14.5. The van der Waals surface area contributed by atoms with E-state index in [1.54, 1.807) is 24.3 Å². The van der Waals surface area contributed by atoms with Gasteiger partial charge < -0.3 is 20.5 Å². The summed E-state index contributed by atoms with van der Waals surface area (Å²) in [6.07, 6.45) is 1.46. The number of primary amides is 1. The predicted octanol–water partition coefficient (Wildman–Crippen LogP) is 2.02. The lowest BCUT2D eigenvalue weighted by atomic mass is 10.2. The smallest absolute Gasteiger partial charge is 0.339 e. The number of amides is 3. The van der Waals surface area contributed by atoms with Gasteiger partial charge in [0, 0.05) is 5.69 Å². The molecular formula is C18H20N4O4. The molecule has 0 unspecified atom stereocenters. The summed E-state index contributed by atoms with van der Waals surface area (Å²) in [5.41, 5.74) is 9.76.